The first kappa shape index (κ1) is 9.49. The molecule has 1 unspecified atom stereocenters. The molecule has 76 valence electrons. The van der Waals surface area contributed by atoms with Gasteiger partial charge in [0.15, 0.2) is 0 Å². The van der Waals surface area contributed by atoms with Crippen molar-refractivity contribution in [3.63, 3.8) is 0 Å². The Hall–Kier alpha value is -1.06. The van der Waals surface area contributed by atoms with Crippen LogP contribution < -0.4 is 10.1 Å². The molecule has 0 spiro atoms. The third-order valence-corrected chi connectivity index (χ3v) is 2.47. The van der Waals surface area contributed by atoms with Crippen molar-refractivity contribution in [1.82, 2.24) is 5.32 Å². The van der Waals surface area contributed by atoms with Gasteiger partial charge in [0.05, 0.1) is 0 Å². The molecule has 2 rings (SSSR count). The molecule has 1 aliphatic heterocycles. The summed E-state index contributed by atoms with van der Waals surface area (Å²) in [4.78, 5) is 0. The fourth-order valence-corrected chi connectivity index (χ4v) is 1.59. The van der Waals surface area contributed by atoms with Crippen LogP contribution in [0.25, 0.3) is 0 Å². The summed E-state index contributed by atoms with van der Waals surface area (Å²) in [6, 6.07) is 9.58. The third kappa shape index (κ3) is 2.25. The van der Waals surface area contributed by atoms with Gasteiger partial charge in [0.1, 0.15) is 18.0 Å². The molecule has 0 aromatic heterocycles. The van der Waals surface area contributed by atoms with E-state index < -0.39 is 5.60 Å². The highest BCUT2D eigenvalue weighted by Crippen LogP contribution is 2.17. The lowest BCUT2D eigenvalue weighted by Gasteiger charge is -2.21. The predicted octanol–water partition coefficient (Wildman–Crippen LogP) is 0.790. The highest BCUT2D eigenvalue weighted by atomic mass is 16.5. The second-order valence-electron chi connectivity index (χ2n) is 3.75. The van der Waals surface area contributed by atoms with Crippen molar-refractivity contribution in [2.45, 2.75) is 12.0 Å². The molecular weight excluding hydrogens is 178 g/mol. The summed E-state index contributed by atoms with van der Waals surface area (Å²) in [5.74, 6) is 0.813. The highest BCUT2D eigenvalue weighted by Gasteiger charge is 2.31. The van der Waals surface area contributed by atoms with Crippen molar-refractivity contribution in [1.29, 1.82) is 0 Å². The van der Waals surface area contributed by atoms with Gasteiger partial charge in [-0.15, -0.1) is 0 Å². The second-order valence-corrected chi connectivity index (χ2v) is 3.75. The van der Waals surface area contributed by atoms with Crippen molar-refractivity contribution in [3.8, 4) is 5.75 Å². The largest absolute Gasteiger partial charge is 0.491 e. The van der Waals surface area contributed by atoms with Crippen molar-refractivity contribution >= 4 is 0 Å². The van der Waals surface area contributed by atoms with E-state index in [2.05, 4.69) is 5.32 Å². The van der Waals surface area contributed by atoms with Crippen molar-refractivity contribution < 1.29 is 9.84 Å². The number of hydrogen-bond donors (Lipinski definition) is 2. The molecule has 3 heteroatoms. The van der Waals surface area contributed by atoms with E-state index in [1.54, 1.807) is 0 Å². The second kappa shape index (κ2) is 3.98. The maximum Gasteiger partial charge on any atom is 0.119 e. The first-order chi connectivity index (χ1) is 6.79. The number of aliphatic hydroxyl groups is 1. The van der Waals surface area contributed by atoms with Gasteiger partial charge in [-0.05, 0) is 25.1 Å². The Morgan fingerprint density at radius 1 is 1.36 bits per heavy atom. The Morgan fingerprint density at radius 2 is 2.14 bits per heavy atom. The number of benzene rings is 1. The topological polar surface area (TPSA) is 41.5 Å². The molecule has 14 heavy (non-hydrogen) atoms. The lowest BCUT2D eigenvalue weighted by atomic mass is 10.1. The van der Waals surface area contributed by atoms with Crippen LogP contribution in [0.4, 0.5) is 0 Å². The summed E-state index contributed by atoms with van der Waals surface area (Å²) in [6.07, 6.45) is 0.764. The molecule has 1 aromatic carbocycles. The Balaban J connectivity index is 1.88. The third-order valence-electron chi connectivity index (χ3n) is 2.47. The zero-order valence-electron chi connectivity index (χ0n) is 8.07. The van der Waals surface area contributed by atoms with E-state index >= 15 is 0 Å². The maximum absolute atomic E-state index is 9.97. The molecule has 1 heterocycles. The van der Waals surface area contributed by atoms with Gasteiger partial charge in [-0.2, -0.15) is 0 Å². The summed E-state index contributed by atoms with van der Waals surface area (Å²) in [6.45, 7) is 1.86. The molecule has 2 N–H and O–H groups in total. The molecule has 3 nitrogen and oxygen atoms in total. The maximum atomic E-state index is 9.97. The lowest BCUT2D eigenvalue weighted by Crippen LogP contribution is -2.38. The Kier molecular flexibility index (Phi) is 2.70. The predicted molar refractivity (Wildman–Crippen MR) is 54.4 cm³/mol. The zero-order chi connectivity index (χ0) is 9.86. The minimum absolute atomic E-state index is 0.365. The molecule has 1 aromatic rings. The lowest BCUT2D eigenvalue weighted by molar-refractivity contribution is 0.0130. The first-order valence-electron chi connectivity index (χ1n) is 4.89. The zero-order valence-corrected chi connectivity index (χ0v) is 8.07. The van der Waals surface area contributed by atoms with Crippen LogP contribution in [0.1, 0.15) is 6.42 Å². The standard InChI is InChI=1S/C11H15NO2/c13-11(6-7-12-8-11)9-14-10-4-2-1-3-5-10/h1-5,12-13H,6-9H2. The summed E-state index contributed by atoms with van der Waals surface area (Å²) in [7, 11) is 0. The Morgan fingerprint density at radius 3 is 2.79 bits per heavy atom. The summed E-state index contributed by atoms with van der Waals surface area (Å²) < 4.78 is 5.50. The van der Waals surface area contributed by atoms with Crippen molar-refractivity contribution in [2.24, 2.45) is 0 Å². The summed E-state index contributed by atoms with van der Waals surface area (Å²) in [5.41, 5.74) is -0.685. The molecule has 1 saturated heterocycles. The van der Waals surface area contributed by atoms with Crippen LogP contribution in [-0.4, -0.2) is 30.4 Å². The van der Waals surface area contributed by atoms with Crippen LogP contribution in [0.2, 0.25) is 0 Å². The SMILES string of the molecule is OC1(COc2ccccc2)CCNC1. The van der Waals surface area contributed by atoms with E-state index in [-0.39, 0.29) is 0 Å². The van der Waals surface area contributed by atoms with Gasteiger partial charge in [-0.3, -0.25) is 0 Å². The quantitative estimate of drug-likeness (QED) is 0.745. The van der Waals surface area contributed by atoms with Gasteiger partial charge in [-0.25, -0.2) is 0 Å². The van der Waals surface area contributed by atoms with E-state index in [9.17, 15) is 5.11 Å². The Bertz CT molecular complexity index is 281. The fourth-order valence-electron chi connectivity index (χ4n) is 1.59. The van der Waals surface area contributed by atoms with Crippen molar-refractivity contribution in [3.05, 3.63) is 30.3 Å². The molecule has 1 atom stereocenters. The molecule has 0 radical (unpaired) electrons. The number of ether oxygens (including phenoxy) is 1. The van der Waals surface area contributed by atoms with Gasteiger partial charge >= 0.3 is 0 Å². The number of β-amino-alcohol motifs (C(OH)–C–C–N with tert-alkyl or cyclic N) is 1. The molecule has 0 amide bonds. The summed E-state index contributed by atoms with van der Waals surface area (Å²) >= 11 is 0. The molecular formula is C11H15NO2. The average molecular weight is 193 g/mol. The van der Waals surface area contributed by atoms with E-state index in [4.69, 9.17) is 4.74 Å². The van der Waals surface area contributed by atoms with Crippen molar-refractivity contribution in [2.75, 3.05) is 19.7 Å². The minimum atomic E-state index is -0.685. The molecule has 0 saturated carbocycles. The van der Waals surface area contributed by atoms with E-state index in [1.165, 1.54) is 0 Å². The normalized spacial score (nSPS) is 26.4. The van der Waals surface area contributed by atoms with Crippen LogP contribution >= 0.6 is 0 Å². The van der Waals surface area contributed by atoms with Crippen LogP contribution in [0.3, 0.4) is 0 Å². The number of hydrogen-bond acceptors (Lipinski definition) is 3. The summed E-state index contributed by atoms with van der Waals surface area (Å²) in [5, 5.41) is 13.1. The fraction of sp³-hybridized carbons (Fsp3) is 0.455. The van der Waals surface area contributed by atoms with E-state index in [0.717, 1.165) is 18.7 Å². The smallest absolute Gasteiger partial charge is 0.119 e. The van der Waals surface area contributed by atoms with Gasteiger partial charge in [0.25, 0.3) is 0 Å². The molecule has 0 bridgehead atoms. The average Bonchev–Trinajstić information content (AvgIpc) is 2.65. The van der Waals surface area contributed by atoms with Gasteiger partial charge < -0.3 is 15.2 Å². The molecule has 1 fully saturated rings. The number of rotatable bonds is 3. The van der Waals surface area contributed by atoms with Crippen LogP contribution in [-0.2, 0) is 0 Å². The molecule has 1 aliphatic rings. The van der Waals surface area contributed by atoms with Crippen LogP contribution in [0, 0.1) is 0 Å². The highest BCUT2D eigenvalue weighted by molar-refractivity contribution is 5.21. The van der Waals surface area contributed by atoms with Gasteiger partial charge in [0.2, 0.25) is 0 Å². The Labute approximate surface area is 83.7 Å². The number of nitrogens with one attached hydrogen (secondary N) is 1. The van der Waals surface area contributed by atoms with Gasteiger partial charge in [-0.1, -0.05) is 18.2 Å². The van der Waals surface area contributed by atoms with Gasteiger partial charge in [0, 0.05) is 6.54 Å². The minimum Gasteiger partial charge on any atom is -0.491 e. The monoisotopic (exact) mass is 193 g/mol. The van der Waals surface area contributed by atoms with Crippen LogP contribution in [0.15, 0.2) is 30.3 Å². The van der Waals surface area contributed by atoms with E-state index in [0.29, 0.717) is 13.2 Å². The van der Waals surface area contributed by atoms with E-state index in [1.807, 2.05) is 30.3 Å². The first-order valence-corrected chi connectivity index (χ1v) is 4.89. The van der Waals surface area contributed by atoms with Crippen LogP contribution in [0.5, 0.6) is 5.75 Å². The molecule has 0 aliphatic carbocycles. The number of para-hydroxylation sites is 1.